The van der Waals surface area contributed by atoms with Crippen LogP contribution in [0.15, 0.2) is 47.2 Å². The highest BCUT2D eigenvalue weighted by atomic mass is 79.9. The lowest BCUT2D eigenvalue weighted by atomic mass is 10.1. The molecule has 0 saturated carbocycles. The summed E-state index contributed by atoms with van der Waals surface area (Å²) in [5.74, 6) is 0. The zero-order valence-electron chi connectivity index (χ0n) is 10.2. The van der Waals surface area contributed by atoms with E-state index in [0.29, 0.717) is 0 Å². The van der Waals surface area contributed by atoms with Crippen molar-refractivity contribution in [3.8, 4) is 5.69 Å². The molecular formula is C15H12BrN3. The van der Waals surface area contributed by atoms with Gasteiger partial charge in [-0.25, -0.2) is 4.98 Å². The van der Waals surface area contributed by atoms with E-state index in [1.54, 1.807) is 0 Å². The van der Waals surface area contributed by atoms with Crippen molar-refractivity contribution in [1.82, 2.24) is 9.55 Å². The van der Waals surface area contributed by atoms with Crippen LogP contribution in [-0.2, 0) is 6.42 Å². The van der Waals surface area contributed by atoms with Crippen LogP contribution in [0.3, 0.4) is 0 Å². The standard InChI is InChI=1S/C15H12BrN3/c16-11-2-4-13-15(7-11)19(9-18-13)12-3-1-10-5-6-17-14(10)8-12/h1-4,7-9,17H,5-6H2. The SMILES string of the molecule is Brc1ccc2ncn(-c3ccc4c(c3)NCC4)c2c1. The third-order valence-electron chi connectivity index (χ3n) is 3.59. The molecule has 1 N–H and O–H groups in total. The molecule has 0 fully saturated rings. The van der Waals surface area contributed by atoms with Crippen molar-refractivity contribution < 1.29 is 0 Å². The van der Waals surface area contributed by atoms with E-state index in [1.165, 1.54) is 11.3 Å². The maximum atomic E-state index is 4.45. The number of nitrogens with one attached hydrogen (secondary N) is 1. The van der Waals surface area contributed by atoms with E-state index >= 15 is 0 Å². The number of hydrogen-bond donors (Lipinski definition) is 1. The van der Waals surface area contributed by atoms with Gasteiger partial charge in [-0.3, -0.25) is 4.57 Å². The molecule has 0 radical (unpaired) electrons. The monoisotopic (exact) mass is 313 g/mol. The Balaban J connectivity index is 1.92. The summed E-state index contributed by atoms with van der Waals surface area (Å²) in [4.78, 5) is 4.45. The molecule has 0 amide bonds. The second-order valence-electron chi connectivity index (χ2n) is 4.77. The van der Waals surface area contributed by atoms with Crippen LogP contribution in [0.1, 0.15) is 5.56 Å². The average molecular weight is 314 g/mol. The predicted molar refractivity (Wildman–Crippen MR) is 81.0 cm³/mol. The zero-order valence-corrected chi connectivity index (χ0v) is 11.8. The van der Waals surface area contributed by atoms with Gasteiger partial charge in [0.05, 0.1) is 11.0 Å². The number of aromatic nitrogens is 2. The Morgan fingerprint density at radius 3 is 3.05 bits per heavy atom. The fraction of sp³-hybridized carbons (Fsp3) is 0.133. The minimum absolute atomic E-state index is 1.01. The van der Waals surface area contributed by atoms with Crippen LogP contribution in [0, 0.1) is 0 Å². The Morgan fingerprint density at radius 2 is 2.11 bits per heavy atom. The van der Waals surface area contributed by atoms with Crippen LogP contribution >= 0.6 is 15.9 Å². The van der Waals surface area contributed by atoms with Crippen LogP contribution in [0.4, 0.5) is 5.69 Å². The Kier molecular flexibility index (Phi) is 2.38. The quantitative estimate of drug-likeness (QED) is 0.741. The summed E-state index contributed by atoms with van der Waals surface area (Å²) in [5, 5.41) is 3.42. The first-order valence-electron chi connectivity index (χ1n) is 6.31. The summed E-state index contributed by atoms with van der Waals surface area (Å²) in [6.45, 7) is 1.04. The molecule has 0 spiro atoms. The molecular weight excluding hydrogens is 302 g/mol. The second-order valence-corrected chi connectivity index (χ2v) is 5.68. The van der Waals surface area contributed by atoms with Gasteiger partial charge in [-0.2, -0.15) is 0 Å². The predicted octanol–water partition coefficient (Wildman–Crippen LogP) is 3.76. The van der Waals surface area contributed by atoms with Crippen LogP contribution in [-0.4, -0.2) is 16.1 Å². The number of rotatable bonds is 1. The third kappa shape index (κ3) is 1.75. The molecule has 0 atom stereocenters. The van der Waals surface area contributed by atoms with Crippen molar-refractivity contribution >= 4 is 32.7 Å². The van der Waals surface area contributed by atoms with Crippen LogP contribution in [0.25, 0.3) is 16.7 Å². The van der Waals surface area contributed by atoms with Crippen molar-refractivity contribution in [1.29, 1.82) is 0 Å². The van der Waals surface area contributed by atoms with Crippen LogP contribution < -0.4 is 5.32 Å². The van der Waals surface area contributed by atoms with Gasteiger partial charge in [0.1, 0.15) is 6.33 Å². The zero-order chi connectivity index (χ0) is 12.8. The number of benzene rings is 2. The Morgan fingerprint density at radius 1 is 1.16 bits per heavy atom. The highest BCUT2D eigenvalue weighted by molar-refractivity contribution is 9.10. The lowest BCUT2D eigenvalue weighted by Gasteiger charge is -2.07. The normalized spacial score (nSPS) is 13.5. The van der Waals surface area contributed by atoms with E-state index in [9.17, 15) is 0 Å². The Hall–Kier alpha value is -1.81. The number of hydrogen-bond acceptors (Lipinski definition) is 2. The summed E-state index contributed by atoms with van der Waals surface area (Å²) < 4.78 is 3.20. The van der Waals surface area contributed by atoms with Crippen molar-refractivity contribution in [3.05, 3.63) is 52.8 Å². The first-order chi connectivity index (χ1) is 9.31. The van der Waals surface area contributed by atoms with Crippen molar-refractivity contribution in [2.45, 2.75) is 6.42 Å². The van der Waals surface area contributed by atoms with E-state index in [0.717, 1.165) is 34.2 Å². The van der Waals surface area contributed by atoms with Crippen molar-refractivity contribution in [3.63, 3.8) is 0 Å². The van der Waals surface area contributed by atoms with Gasteiger partial charge in [0, 0.05) is 22.4 Å². The van der Waals surface area contributed by atoms with Gasteiger partial charge in [0.2, 0.25) is 0 Å². The number of halogens is 1. The van der Waals surface area contributed by atoms with Gasteiger partial charge in [-0.1, -0.05) is 22.0 Å². The Bertz CT molecular complexity index is 776. The second kappa shape index (κ2) is 4.10. The number of anilines is 1. The first kappa shape index (κ1) is 11.1. The lowest BCUT2D eigenvalue weighted by Crippen LogP contribution is -1.94. The molecule has 3 nitrogen and oxygen atoms in total. The maximum absolute atomic E-state index is 4.45. The summed E-state index contributed by atoms with van der Waals surface area (Å²) in [5.41, 5.74) is 5.92. The summed E-state index contributed by atoms with van der Waals surface area (Å²) in [6, 6.07) is 12.7. The smallest absolute Gasteiger partial charge is 0.100 e. The molecule has 4 heteroatoms. The first-order valence-corrected chi connectivity index (χ1v) is 7.10. The highest BCUT2D eigenvalue weighted by Crippen LogP contribution is 2.27. The molecule has 94 valence electrons. The third-order valence-corrected chi connectivity index (χ3v) is 4.08. The van der Waals surface area contributed by atoms with Gasteiger partial charge in [-0.05, 0) is 42.3 Å². The molecule has 1 aromatic heterocycles. The summed E-state index contributed by atoms with van der Waals surface area (Å²) in [7, 11) is 0. The molecule has 0 saturated heterocycles. The van der Waals surface area contributed by atoms with Gasteiger partial charge >= 0.3 is 0 Å². The van der Waals surface area contributed by atoms with Crippen molar-refractivity contribution in [2.24, 2.45) is 0 Å². The summed E-state index contributed by atoms with van der Waals surface area (Å²) >= 11 is 3.52. The van der Waals surface area contributed by atoms with E-state index in [1.807, 2.05) is 18.5 Å². The molecule has 2 aromatic carbocycles. The average Bonchev–Trinajstić information content (AvgIpc) is 3.03. The summed E-state index contributed by atoms with van der Waals surface area (Å²) in [6.07, 6.45) is 3.00. The molecule has 0 aliphatic carbocycles. The van der Waals surface area contributed by atoms with E-state index < -0.39 is 0 Å². The fourth-order valence-electron chi connectivity index (χ4n) is 2.62. The maximum Gasteiger partial charge on any atom is 0.100 e. The van der Waals surface area contributed by atoms with Crippen LogP contribution in [0.5, 0.6) is 0 Å². The topological polar surface area (TPSA) is 29.9 Å². The lowest BCUT2D eigenvalue weighted by molar-refractivity contribution is 1.09. The molecule has 0 unspecified atom stereocenters. The van der Waals surface area contributed by atoms with E-state index in [4.69, 9.17) is 0 Å². The molecule has 1 aliphatic heterocycles. The fourth-order valence-corrected chi connectivity index (χ4v) is 2.96. The van der Waals surface area contributed by atoms with E-state index in [2.05, 4.69) is 55.1 Å². The molecule has 19 heavy (non-hydrogen) atoms. The van der Waals surface area contributed by atoms with Gasteiger partial charge in [-0.15, -0.1) is 0 Å². The Labute approximate surface area is 119 Å². The van der Waals surface area contributed by atoms with E-state index in [-0.39, 0.29) is 0 Å². The number of fused-ring (bicyclic) bond motifs is 2. The van der Waals surface area contributed by atoms with Gasteiger partial charge in [0.15, 0.2) is 0 Å². The minimum Gasteiger partial charge on any atom is -0.384 e. The molecule has 4 rings (SSSR count). The molecule has 0 bridgehead atoms. The molecule has 1 aliphatic rings. The van der Waals surface area contributed by atoms with Gasteiger partial charge < -0.3 is 5.32 Å². The van der Waals surface area contributed by atoms with Gasteiger partial charge in [0.25, 0.3) is 0 Å². The molecule has 3 aromatic rings. The molecule has 2 heterocycles. The minimum atomic E-state index is 1.01. The number of imidazole rings is 1. The van der Waals surface area contributed by atoms with Crippen molar-refractivity contribution in [2.75, 3.05) is 11.9 Å². The number of nitrogens with zero attached hydrogens (tertiary/aromatic N) is 2. The van der Waals surface area contributed by atoms with Crippen LogP contribution in [0.2, 0.25) is 0 Å². The highest BCUT2D eigenvalue weighted by Gasteiger charge is 2.12. The largest absolute Gasteiger partial charge is 0.384 e.